The molecule has 0 unspecified atom stereocenters. The molecule has 2 fully saturated rings. The van der Waals surface area contributed by atoms with Crippen molar-refractivity contribution in [1.82, 2.24) is 9.80 Å². The average Bonchev–Trinajstić information content (AvgIpc) is 2.66. The van der Waals surface area contributed by atoms with Gasteiger partial charge in [-0.1, -0.05) is 0 Å². The minimum Gasteiger partial charge on any atom is -0.465 e. The largest absolute Gasteiger partial charge is 0.465 e. The van der Waals surface area contributed by atoms with Crippen molar-refractivity contribution in [2.24, 2.45) is 5.41 Å². The number of carbonyl (C=O) groups is 1. The Balaban J connectivity index is 1.84. The topological polar surface area (TPSA) is 43.8 Å². The maximum Gasteiger partial charge on any atom is 0.407 e. The van der Waals surface area contributed by atoms with Gasteiger partial charge in [0.15, 0.2) is 0 Å². The highest BCUT2D eigenvalue weighted by molar-refractivity contribution is 5.65. The van der Waals surface area contributed by atoms with Crippen LogP contribution in [0, 0.1) is 5.41 Å². The third-order valence-electron chi connectivity index (χ3n) is 4.02. The fraction of sp³-hybridized carbons (Fsp3) is 0.909. The zero-order chi connectivity index (χ0) is 12.5. The number of likely N-dealkylation sites (tertiary alicyclic amines) is 2. The van der Waals surface area contributed by atoms with Crippen LogP contribution in [-0.2, 0) is 0 Å². The van der Waals surface area contributed by atoms with E-state index >= 15 is 0 Å². The van der Waals surface area contributed by atoms with E-state index in [1.165, 1.54) is 4.90 Å². The molecule has 0 radical (unpaired) electrons. The van der Waals surface area contributed by atoms with Crippen LogP contribution in [0.15, 0.2) is 0 Å². The van der Waals surface area contributed by atoms with E-state index in [0.29, 0.717) is 26.2 Å². The lowest BCUT2D eigenvalue weighted by atomic mass is 9.78. The van der Waals surface area contributed by atoms with Gasteiger partial charge in [-0.2, -0.15) is 0 Å². The molecule has 2 rings (SSSR count). The number of amides is 1. The van der Waals surface area contributed by atoms with Crippen LogP contribution >= 0.6 is 0 Å². The van der Waals surface area contributed by atoms with Crippen molar-refractivity contribution >= 4 is 6.09 Å². The molecule has 98 valence electrons. The second-order valence-corrected chi connectivity index (χ2v) is 5.15. The van der Waals surface area contributed by atoms with Crippen molar-refractivity contribution in [3.05, 3.63) is 0 Å². The summed E-state index contributed by atoms with van der Waals surface area (Å²) in [6.07, 6.45) is -0.588. The predicted octanol–water partition coefficient (Wildman–Crippen LogP) is 1.72. The van der Waals surface area contributed by atoms with Gasteiger partial charge in [-0.3, -0.25) is 4.90 Å². The van der Waals surface area contributed by atoms with Crippen LogP contribution < -0.4 is 0 Å². The molecule has 2 aliphatic heterocycles. The molecular formula is C11H18F2N2O2. The molecule has 0 atom stereocenters. The molecule has 2 aliphatic rings. The SMILES string of the molecule is O=C(O)N1CCC2(CCN(CC(F)F)CC2)C1. The number of halogens is 2. The maximum absolute atomic E-state index is 12.2. The molecule has 0 bridgehead atoms. The van der Waals surface area contributed by atoms with Crippen LogP contribution in [0.4, 0.5) is 13.6 Å². The van der Waals surface area contributed by atoms with Gasteiger partial charge < -0.3 is 10.0 Å². The molecule has 17 heavy (non-hydrogen) atoms. The Bertz CT molecular complexity index is 291. The van der Waals surface area contributed by atoms with E-state index in [-0.39, 0.29) is 12.0 Å². The van der Waals surface area contributed by atoms with Gasteiger partial charge in [-0.05, 0) is 37.8 Å². The Morgan fingerprint density at radius 3 is 2.29 bits per heavy atom. The molecule has 2 saturated heterocycles. The molecule has 0 aliphatic carbocycles. The fourth-order valence-electron chi connectivity index (χ4n) is 2.91. The third kappa shape index (κ3) is 2.86. The molecule has 0 aromatic heterocycles. The Hall–Kier alpha value is -0.910. The quantitative estimate of drug-likeness (QED) is 0.809. The van der Waals surface area contributed by atoms with Gasteiger partial charge in [0.2, 0.25) is 0 Å². The van der Waals surface area contributed by atoms with Crippen molar-refractivity contribution in [1.29, 1.82) is 0 Å². The zero-order valence-electron chi connectivity index (χ0n) is 9.74. The minimum absolute atomic E-state index is 0.0526. The van der Waals surface area contributed by atoms with Crippen LogP contribution in [0.2, 0.25) is 0 Å². The first-order valence-corrected chi connectivity index (χ1v) is 5.99. The van der Waals surface area contributed by atoms with Crippen LogP contribution in [0.1, 0.15) is 19.3 Å². The van der Waals surface area contributed by atoms with Crippen LogP contribution in [0.5, 0.6) is 0 Å². The Kier molecular flexibility index (Phi) is 3.51. The fourth-order valence-corrected chi connectivity index (χ4v) is 2.91. The van der Waals surface area contributed by atoms with Crippen molar-refractivity contribution in [2.45, 2.75) is 25.7 Å². The number of hydrogen-bond acceptors (Lipinski definition) is 2. The van der Waals surface area contributed by atoms with E-state index in [1.807, 2.05) is 0 Å². The predicted molar refractivity (Wildman–Crippen MR) is 58.3 cm³/mol. The lowest BCUT2D eigenvalue weighted by Gasteiger charge is -2.38. The van der Waals surface area contributed by atoms with Gasteiger partial charge in [0.1, 0.15) is 0 Å². The van der Waals surface area contributed by atoms with Crippen molar-refractivity contribution < 1.29 is 18.7 Å². The van der Waals surface area contributed by atoms with Gasteiger partial charge in [0, 0.05) is 13.1 Å². The summed E-state index contributed by atoms with van der Waals surface area (Å²) >= 11 is 0. The van der Waals surface area contributed by atoms with Gasteiger partial charge in [-0.15, -0.1) is 0 Å². The second kappa shape index (κ2) is 4.76. The van der Waals surface area contributed by atoms with Crippen LogP contribution in [0.25, 0.3) is 0 Å². The molecule has 0 aromatic carbocycles. The van der Waals surface area contributed by atoms with E-state index < -0.39 is 12.5 Å². The summed E-state index contributed by atoms with van der Waals surface area (Å²) in [6, 6.07) is 0. The Morgan fingerprint density at radius 2 is 1.82 bits per heavy atom. The summed E-state index contributed by atoms with van der Waals surface area (Å²) in [5, 5.41) is 8.91. The van der Waals surface area contributed by atoms with Crippen LogP contribution in [0.3, 0.4) is 0 Å². The van der Waals surface area contributed by atoms with Crippen molar-refractivity contribution in [3.8, 4) is 0 Å². The number of hydrogen-bond donors (Lipinski definition) is 1. The molecule has 2 heterocycles. The monoisotopic (exact) mass is 248 g/mol. The van der Waals surface area contributed by atoms with Crippen LogP contribution in [-0.4, -0.2) is 60.1 Å². The highest BCUT2D eigenvalue weighted by Gasteiger charge is 2.42. The molecule has 1 spiro atoms. The summed E-state index contributed by atoms with van der Waals surface area (Å²) in [5.41, 5.74) is 0.0526. The summed E-state index contributed by atoms with van der Waals surface area (Å²) in [6.45, 7) is 2.34. The first kappa shape index (κ1) is 12.5. The van der Waals surface area contributed by atoms with Crippen molar-refractivity contribution in [3.63, 3.8) is 0 Å². The highest BCUT2D eigenvalue weighted by Crippen LogP contribution is 2.40. The van der Waals surface area contributed by atoms with E-state index in [0.717, 1.165) is 19.3 Å². The molecular weight excluding hydrogens is 230 g/mol. The van der Waals surface area contributed by atoms with Gasteiger partial charge >= 0.3 is 6.09 Å². The highest BCUT2D eigenvalue weighted by atomic mass is 19.3. The summed E-state index contributed by atoms with van der Waals surface area (Å²) in [5.74, 6) is 0. The first-order chi connectivity index (χ1) is 8.01. The molecule has 0 saturated carbocycles. The number of carboxylic acid groups (broad SMARTS) is 1. The molecule has 4 nitrogen and oxygen atoms in total. The van der Waals surface area contributed by atoms with E-state index in [4.69, 9.17) is 5.11 Å². The number of piperidine rings is 1. The zero-order valence-corrected chi connectivity index (χ0v) is 9.74. The lowest BCUT2D eigenvalue weighted by molar-refractivity contribution is 0.0461. The molecule has 6 heteroatoms. The minimum atomic E-state index is -2.27. The third-order valence-corrected chi connectivity index (χ3v) is 4.02. The number of nitrogens with zero attached hydrogens (tertiary/aromatic N) is 2. The smallest absolute Gasteiger partial charge is 0.407 e. The molecule has 0 aromatic rings. The van der Waals surface area contributed by atoms with E-state index in [1.54, 1.807) is 4.90 Å². The van der Waals surface area contributed by atoms with E-state index in [2.05, 4.69) is 0 Å². The normalized spacial score (nSPS) is 24.8. The second-order valence-electron chi connectivity index (χ2n) is 5.15. The number of rotatable bonds is 2. The summed E-state index contributed by atoms with van der Waals surface area (Å²) in [4.78, 5) is 14.1. The van der Waals surface area contributed by atoms with E-state index in [9.17, 15) is 13.6 Å². The average molecular weight is 248 g/mol. The molecule has 1 N–H and O–H groups in total. The first-order valence-electron chi connectivity index (χ1n) is 5.99. The Labute approximate surface area is 99.2 Å². The summed E-state index contributed by atoms with van der Waals surface area (Å²) in [7, 11) is 0. The lowest BCUT2D eigenvalue weighted by Crippen LogP contribution is -2.43. The van der Waals surface area contributed by atoms with Gasteiger partial charge in [0.05, 0.1) is 6.54 Å². The summed E-state index contributed by atoms with van der Waals surface area (Å²) < 4.78 is 24.5. The van der Waals surface area contributed by atoms with Crippen molar-refractivity contribution in [2.75, 3.05) is 32.7 Å². The molecule has 1 amide bonds. The number of alkyl halides is 2. The van der Waals surface area contributed by atoms with Gasteiger partial charge in [0.25, 0.3) is 6.43 Å². The van der Waals surface area contributed by atoms with Gasteiger partial charge in [-0.25, -0.2) is 13.6 Å². The maximum atomic E-state index is 12.2. The standard InChI is InChI=1S/C11H18F2N2O2/c12-9(13)7-14-4-1-11(2-5-14)3-6-15(8-11)10(16)17/h9H,1-8H2,(H,16,17). The Morgan fingerprint density at radius 1 is 1.24 bits per heavy atom.